The van der Waals surface area contributed by atoms with Gasteiger partial charge >= 0.3 is 0 Å². The zero-order chi connectivity index (χ0) is 14.5. The molecular formula is C14H28N2O2. The summed E-state index contributed by atoms with van der Waals surface area (Å²) in [4.78, 5) is 24.3. The van der Waals surface area contributed by atoms with Crippen LogP contribution in [0.15, 0.2) is 9.59 Å². The molecule has 4 heteroatoms. The molecule has 0 aliphatic carbocycles. The second kappa shape index (κ2) is 6.57. The van der Waals surface area contributed by atoms with Crippen molar-refractivity contribution in [3.05, 3.63) is 20.4 Å². The van der Waals surface area contributed by atoms with Crippen molar-refractivity contribution in [2.24, 2.45) is 5.41 Å². The molecule has 1 aromatic carbocycles. The Kier molecular flexibility index (Phi) is 6.09. The molecule has 0 heterocycles. The molecule has 1 N–H and O–H groups in total. The Morgan fingerprint density at radius 1 is 1.11 bits per heavy atom. The number of hydrogen-bond donors (Lipinski definition) is 1. The van der Waals surface area contributed by atoms with Crippen LogP contribution < -0.4 is 21.1 Å². The maximum absolute atomic E-state index is 11.3. The van der Waals surface area contributed by atoms with Crippen LogP contribution in [0.4, 0.5) is 11.4 Å². The molecule has 1 rings (SSSR count). The molecule has 1 aromatic rings. The van der Waals surface area contributed by atoms with E-state index < -0.39 is 5.43 Å². The van der Waals surface area contributed by atoms with E-state index in [-0.39, 0.29) is 12.3 Å². The van der Waals surface area contributed by atoms with E-state index in [0.717, 1.165) is 13.0 Å². The van der Waals surface area contributed by atoms with Crippen LogP contribution in [0.2, 0.25) is 0 Å². The van der Waals surface area contributed by atoms with E-state index in [0.29, 0.717) is 11.4 Å². The minimum atomic E-state index is -0.391. The van der Waals surface area contributed by atoms with E-state index in [1.807, 2.05) is 13.8 Å². The highest BCUT2D eigenvalue weighted by Gasteiger charge is 2.22. The van der Waals surface area contributed by atoms with Gasteiger partial charge in [-0.25, -0.2) is 0 Å². The van der Waals surface area contributed by atoms with Crippen LogP contribution in [0.1, 0.15) is 42.5 Å². The van der Waals surface area contributed by atoms with Crippen molar-refractivity contribution in [1.82, 2.24) is 0 Å². The summed E-state index contributed by atoms with van der Waals surface area (Å²) in [7, 11) is 3.54. The van der Waals surface area contributed by atoms with Crippen molar-refractivity contribution in [3.8, 4) is 0 Å². The van der Waals surface area contributed by atoms with Gasteiger partial charge in [0.15, 0.2) is 0 Å². The number of nitrogens with one attached hydrogen (secondary N) is 1. The first kappa shape index (κ1) is 16.7. The van der Waals surface area contributed by atoms with Crippen molar-refractivity contribution < 1.29 is 1.43 Å². The van der Waals surface area contributed by atoms with Crippen LogP contribution in [0, 0.1) is 5.41 Å². The SMILES string of the molecule is CC.CN(C)c1c(NCCC(C)(C)C)c(=O)c1=O.[HH]. The Morgan fingerprint density at radius 3 is 2.00 bits per heavy atom. The van der Waals surface area contributed by atoms with Gasteiger partial charge in [0.25, 0.3) is 10.9 Å². The second-order valence-corrected chi connectivity index (χ2v) is 5.51. The quantitative estimate of drug-likeness (QED) is 0.841. The monoisotopic (exact) mass is 256 g/mol. The van der Waals surface area contributed by atoms with Crippen molar-refractivity contribution in [3.63, 3.8) is 0 Å². The first-order valence-corrected chi connectivity index (χ1v) is 6.48. The molecule has 18 heavy (non-hydrogen) atoms. The molecule has 0 amide bonds. The van der Waals surface area contributed by atoms with Gasteiger partial charge in [0.2, 0.25) is 0 Å². The van der Waals surface area contributed by atoms with Crippen molar-refractivity contribution in [2.75, 3.05) is 30.9 Å². The Balaban J connectivity index is 0. The lowest BCUT2D eigenvalue weighted by atomic mass is 9.92. The van der Waals surface area contributed by atoms with Crippen LogP contribution in [-0.2, 0) is 0 Å². The van der Waals surface area contributed by atoms with Crippen molar-refractivity contribution in [1.29, 1.82) is 0 Å². The average Bonchev–Trinajstić information content (AvgIpc) is 2.27. The molecule has 0 saturated carbocycles. The minimum absolute atomic E-state index is 0. The zero-order valence-corrected chi connectivity index (χ0v) is 12.7. The Labute approximate surface area is 111 Å². The molecule has 0 aliphatic rings. The summed E-state index contributed by atoms with van der Waals surface area (Å²) >= 11 is 0. The largest absolute Gasteiger partial charge is 0.380 e. The fourth-order valence-corrected chi connectivity index (χ4v) is 1.53. The molecule has 0 aliphatic heterocycles. The van der Waals surface area contributed by atoms with Crippen LogP contribution in [0.25, 0.3) is 0 Å². The van der Waals surface area contributed by atoms with Crippen LogP contribution in [-0.4, -0.2) is 20.6 Å². The Morgan fingerprint density at radius 2 is 1.61 bits per heavy atom. The third-order valence-electron chi connectivity index (χ3n) is 2.51. The summed E-state index contributed by atoms with van der Waals surface area (Å²) < 4.78 is 0. The second-order valence-electron chi connectivity index (χ2n) is 5.51. The fourth-order valence-electron chi connectivity index (χ4n) is 1.53. The van der Waals surface area contributed by atoms with E-state index in [2.05, 4.69) is 26.1 Å². The molecule has 0 spiro atoms. The minimum Gasteiger partial charge on any atom is -0.380 e. The Hall–Kier alpha value is -1.32. The molecule has 0 saturated heterocycles. The van der Waals surface area contributed by atoms with E-state index in [1.165, 1.54) is 0 Å². The van der Waals surface area contributed by atoms with Gasteiger partial charge in [0, 0.05) is 22.1 Å². The predicted molar refractivity (Wildman–Crippen MR) is 81.7 cm³/mol. The molecule has 4 nitrogen and oxygen atoms in total. The highest BCUT2D eigenvalue weighted by Crippen LogP contribution is 2.21. The van der Waals surface area contributed by atoms with E-state index in [1.54, 1.807) is 19.0 Å². The van der Waals surface area contributed by atoms with Crippen LogP contribution in [0.5, 0.6) is 0 Å². The average molecular weight is 256 g/mol. The number of anilines is 2. The molecule has 0 aromatic heterocycles. The number of hydrogen-bond acceptors (Lipinski definition) is 4. The summed E-state index contributed by atoms with van der Waals surface area (Å²) in [5, 5.41) is 3.05. The smallest absolute Gasteiger partial charge is 0.253 e. The first-order valence-electron chi connectivity index (χ1n) is 6.48. The highest BCUT2D eigenvalue weighted by atomic mass is 16.2. The standard InChI is InChI=1S/C12H20N2O2.C2H6.H2/c1-12(2,3)6-7-13-8-9(14(4)5)11(16)10(8)15;1-2;/h13H,6-7H2,1-5H3;1-2H3;1H. The molecule has 0 fully saturated rings. The molecule has 0 atom stereocenters. The van der Waals surface area contributed by atoms with Gasteiger partial charge in [0.1, 0.15) is 11.4 Å². The topological polar surface area (TPSA) is 49.4 Å². The van der Waals surface area contributed by atoms with Crippen molar-refractivity contribution >= 4 is 11.4 Å². The van der Waals surface area contributed by atoms with E-state index in [4.69, 9.17) is 0 Å². The lowest BCUT2D eigenvalue weighted by Gasteiger charge is -2.22. The Bertz CT molecular complexity index is 441. The van der Waals surface area contributed by atoms with E-state index >= 15 is 0 Å². The summed E-state index contributed by atoms with van der Waals surface area (Å²) in [5.74, 6) is 0. The lowest BCUT2D eigenvalue weighted by molar-refractivity contribution is 0.389. The zero-order valence-electron chi connectivity index (χ0n) is 12.7. The lowest BCUT2D eigenvalue weighted by Crippen LogP contribution is -2.40. The number of rotatable bonds is 4. The molecule has 0 radical (unpaired) electrons. The van der Waals surface area contributed by atoms with Crippen molar-refractivity contribution in [2.45, 2.75) is 41.0 Å². The van der Waals surface area contributed by atoms with Gasteiger partial charge < -0.3 is 10.2 Å². The fraction of sp³-hybridized carbons (Fsp3) is 0.714. The van der Waals surface area contributed by atoms with Gasteiger partial charge in [-0.2, -0.15) is 0 Å². The van der Waals surface area contributed by atoms with Gasteiger partial charge in [-0.05, 0) is 11.8 Å². The molecule has 106 valence electrons. The maximum atomic E-state index is 11.3. The third-order valence-corrected chi connectivity index (χ3v) is 2.51. The summed E-state index contributed by atoms with van der Waals surface area (Å²) in [6.07, 6.45) is 0.957. The predicted octanol–water partition coefficient (Wildman–Crippen LogP) is 2.47. The van der Waals surface area contributed by atoms with Gasteiger partial charge in [-0.3, -0.25) is 9.59 Å². The van der Waals surface area contributed by atoms with Crippen LogP contribution >= 0.6 is 0 Å². The molecule has 0 unspecified atom stereocenters. The van der Waals surface area contributed by atoms with Crippen LogP contribution in [0.3, 0.4) is 0 Å². The highest BCUT2D eigenvalue weighted by molar-refractivity contribution is 5.74. The maximum Gasteiger partial charge on any atom is 0.253 e. The molecular weight excluding hydrogens is 228 g/mol. The normalized spacial score (nSPS) is 10.8. The van der Waals surface area contributed by atoms with Gasteiger partial charge in [0.05, 0.1) is 0 Å². The molecule has 0 bridgehead atoms. The summed E-state index contributed by atoms with van der Waals surface area (Å²) in [5.41, 5.74) is 0.418. The summed E-state index contributed by atoms with van der Waals surface area (Å²) in [6.45, 7) is 11.1. The first-order chi connectivity index (χ1) is 8.24. The number of nitrogens with zero attached hydrogens (tertiary/aromatic N) is 1. The van der Waals surface area contributed by atoms with Gasteiger partial charge in [-0.15, -0.1) is 0 Å². The van der Waals surface area contributed by atoms with Gasteiger partial charge in [-0.1, -0.05) is 34.6 Å². The summed E-state index contributed by atoms with van der Waals surface area (Å²) in [6, 6.07) is 0. The third kappa shape index (κ3) is 4.17. The van der Waals surface area contributed by atoms with E-state index in [9.17, 15) is 9.59 Å².